The van der Waals surface area contributed by atoms with E-state index in [4.69, 9.17) is 15.3 Å². The average Bonchev–Trinajstić information content (AvgIpc) is 2.75. The molecule has 1 saturated heterocycles. The highest BCUT2D eigenvalue weighted by Crippen LogP contribution is 2.13. The molecule has 1 aliphatic heterocycles. The van der Waals surface area contributed by atoms with Crippen molar-refractivity contribution in [2.24, 2.45) is 5.84 Å². The molecule has 5 nitrogen and oxygen atoms in total. The Morgan fingerprint density at radius 2 is 2.53 bits per heavy atom. The molecule has 0 aliphatic carbocycles. The highest BCUT2D eigenvalue weighted by atomic mass is 16.5. The van der Waals surface area contributed by atoms with Crippen LogP contribution in [0.1, 0.15) is 32.6 Å². The van der Waals surface area contributed by atoms with Gasteiger partial charge < -0.3 is 9.47 Å². The lowest BCUT2D eigenvalue weighted by molar-refractivity contribution is -0.122. The summed E-state index contributed by atoms with van der Waals surface area (Å²) in [4.78, 5) is 10.9. The predicted molar refractivity (Wildman–Crippen MR) is 56.0 cm³/mol. The van der Waals surface area contributed by atoms with E-state index in [0.29, 0.717) is 19.4 Å². The van der Waals surface area contributed by atoms with Crippen LogP contribution in [0.25, 0.3) is 0 Å². The predicted octanol–water partition coefficient (Wildman–Crippen LogP) is 0.341. The minimum Gasteiger partial charge on any atom is -0.376 e. The number of amides is 1. The van der Waals surface area contributed by atoms with E-state index < -0.39 is 0 Å². The maximum absolute atomic E-state index is 10.9. The van der Waals surface area contributed by atoms with Crippen LogP contribution in [-0.4, -0.2) is 31.3 Å². The molecule has 0 spiro atoms. The Bertz CT molecular complexity index is 193. The molecule has 3 N–H and O–H groups in total. The maximum Gasteiger partial charge on any atom is 0.233 e. The first-order valence-electron chi connectivity index (χ1n) is 5.45. The molecule has 1 fully saturated rings. The third kappa shape index (κ3) is 5.11. The summed E-state index contributed by atoms with van der Waals surface area (Å²) in [5.74, 6) is 4.82. The number of carbonyl (C=O) groups excluding carboxylic acids is 1. The number of hydrazine groups is 1. The van der Waals surface area contributed by atoms with Crippen LogP contribution < -0.4 is 11.3 Å². The van der Waals surface area contributed by atoms with E-state index >= 15 is 0 Å². The fraction of sp³-hybridized carbons (Fsp3) is 0.900. The summed E-state index contributed by atoms with van der Waals surface area (Å²) in [7, 11) is 0. The van der Waals surface area contributed by atoms with Crippen LogP contribution in [0.3, 0.4) is 0 Å². The van der Waals surface area contributed by atoms with Crippen molar-refractivity contribution in [3.8, 4) is 0 Å². The number of nitrogens with two attached hydrogens (primary N) is 1. The molecule has 0 bridgehead atoms. The number of ether oxygens (including phenoxy) is 2. The second-order valence-corrected chi connectivity index (χ2v) is 3.89. The molecule has 0 aromatic heterocycles. The molecular weight excluding hydrogens is 196 g/mol. The fourth-order valence-corrected chi connectivity index (χ4v) is 1.54. The number of nitrogens with one attached hydrogen (secondary N) is 1. The molecule has 2 unspecified atom stereocenters. The van der Waals surface area contributed by atoms with Gasteiger partial charge in [-0.1, -0.05) is 0 Å². The maximum atomic E-state index is 10.9. The van der Waals surface area contributed by atoms with Crippen molar-refractivity contribution in [1.82, 2.24) is 5.43 Å². The van der Waals surface area contributed by atoms with Gasteiger partial charge in [0.2, 0.25) is 5.91 Å². The van der Waals surface area contributed by atoms with Gasteiger partial charge in [-0.05, 0) is 26.2 Å². The van der Waals surface area contributed by atoms with E-state index in [1.54, 1.807) is 0 Å². The zero-order chi connectivity index (χ0) is 11.1. The largest absolute Gasteiger partial charge is 0.376 e. The van der Waals surface area contributed by atoms with Gasteiger partial charge in [0.25, 0.3) is 0 Å². The molecule has 1 rings (SSSR count). The second-order valence-electron chi connectivity index (χ2n) is 3.89. The molecule has 2 atom stereocenters. The van der Waals surface area contributed by atoms with Crippen LogP contribution in [0.2, 0.25) is 0 Å². The molecule has 88 valence electrons. The van der Waals surface area contributed by atoms with E-state index in [1.807, 2.05) is 6.92 Å². The van der Waals surface area contributed by atoms with Gasteiger partial charge in [0, 0.05) is 13.0 Å². The lowest BCUT2D eigenvalue weighted by atomic mass is 10.2. The van der Waals surface area contributed by atoms with Gasteiger partial charge in [0.05, 0.1) is 18.8 Å². The molecular formula is C10H20N2O3. The van der Waals surface area contributed by atoms with Gasteiger partial charge in [-0.3, -0.25) is 10.2 Å². The number of hydrogen-bond acceptors (Lipinski definition) is 4. The van der Waals surface area contributed by atoms with Crippen LogP contribution in [0.4, 0.5) is 0 Å². The molecule has 1 heterocycles. The quantitative estimate of drug-likeness (QED) is 0.381. The molecule has 1 amide bonds. The van der Waals surface area contributed by atoms with Crippen LogP contribution in [0, 0.1) is 0 Å². The summed E-state index contributed by atoms with van der Waals surface area (Å²) in [6.45, 7) is 3.43. The number of rotatable bonds is 6. The van der Waals surface area contributed by atoms with Gasteiger partial charge in [-0.15, -0.1) is 0 Å². The van der Waals surface area contributed by atoms with Crippen molar-refractivity contribution in [3.05, 3.63) is 0 Å². The van der Waals surface area contributed by atoms with Crippen molar-refractivity contribution in [1.29, 1.82) is 0 Å². The van der Waals surface area contributed by atoms with Crippen LogP contribution in [-0.2, 0) is 14.3 Å². The SMILES string of the molecule is CC(CCC(=O)NN)OCC1CCCO1. The Balaban J connectivity index is 2.02. The van der Waals surface area contributed by atoms with E-state index in [1.165, 1.54) is 0 Å². The highest BCUT2D eigenvalue weighted by molar-refractivity contribution is 5.75. The summed E-state index contributed by atoms with van der Waals surface area (Å²) in [6, 6.07) is 0. The summed E-state index contributed by atoms with van der Waals surface area (Å²) < 4.78 is 11.0. The fourth-order valence-electron chi connectivity index (χ4n) is 1.54. The average molecular weight is 216 g/mol. The lowest BCUT2D eigenvalue weighted by Crippen LogP contribution is -2.30. The molecule has 0 radical (unpaired) electrons. The molecule has 0 aromatic carbocycles. The third-order valence-electron chi connectivity index (χ3n) is 2.53. The van der Waals surface area contributed by atoms with E-state index in [0.717, 1.165) is 19.4 Å². The summed E-state index contributed by atoms with van der Waals surface area (Å²) >= 11 is 0. The van der Waals surface area contributed by atoms with Gasteiger partial charge in [0.15, 0.2) is 0 Å². The molecule has 0 aromatic rings. The van der Waals surface area contributed by atoms with E-state index in [2.05, 4.69) is 5.43 Å². The second kappa shape index (κ2) is 6.76. The van der Waals surface area contributed by atoms with Gasteiger partial charge in [-0.2, -0.15) is 0 Å². The Hall–Kier alpha value is -0.650. The normalized spacial score (nSPS) is 22.7. The van der Waals surface area contributed by atoms with Crippen LogP contribution in [0.5, 0.6) is 0 Å². The molecule has 15 heavy (non-hydrogen) atoms. The third-order valence-corrected chi connectivity index (χ3v) is 2.53. The van der Waals surface area contributed by atoms with Gasteiger partial charge >= 0.3 is 0 Å². The Morgan fingerprint density at radius 3 is 3.13 bits per heavy atom. The minimum atomic E-state index is -0.150. The van der Waals surface area contributed by atoms with Crippen molar-refractivity contribution in [2.75, 3.05) is 13.2 Å². The minimum absolute atomic E-state index is 0.0755. The first kappa shape index (κ1) is 12.4. The first-order valence-corrected chi connectivity index (χ1v) is 5.45. The summed E-state index contributed by atoms with van der Waals surface area (Å²) in [6.07, 6.45) is 3.62. The van der Waals surface area contributed by atoms with Crippen molar-refractivity contribution in [3.63, 3.8) is 0 Å². The van der Waals surface area contributed by atoms with E-state index in [9.17, 15) is 4.79 Å². The van der Waals surface area contributed by atoms with Crippen molar-refractivity contribution < 1.29 is 14.3 Å². The van der Waals surface area contributed by atoms with Crippen LogP contribution in [0.15, 0.2) is 0 Å². The van der Waals surface area contributed by atoms with E-state index in [-0.39, 0.29) is 18.1 Å². The topological polar surface area (TPSA) is 73.6 Å². The number of carbonyl (C=O) groups is 1. The highest BCUT2D eigenvalue weighted by Gasteiger charge is 2.16. The van der Waals surface area contributed by atoms with Gasteiger partial charge in [0.1, 0.15) is 0 Å². The number of hydrogen-bond donors (Lipinski definition) is 2. The first-order chi connectivity index (χ1) is 7.22. The van der Waals surface area contributed by atoms with Gasteiger partial charge in [-0.25, -0.2) is 5.84 Å². The van der Waals surface area contributed by atoms with Crippen LogP contribution >= 0.6 is 0 Å². The standard InChI is InChI=1S/C10H20N2O3/c1-8(4-5-10(13)12-11)15-7-9-3-2-6-14-9/h8-9H,2-7,11H2,1H3,(H,12,13). The Morgan fingerprint density at radius 1 is 1.73 bits per heavy atom. The monoisotopic (exact) mass is 216 g/mol. The Labute approximate surface area is 90.3 Å². The molecule has 1 aliphatic rings. The zero-order valence-electron chi connectivity index (χ0n) is 9.20. The molecule has 5 heteroatoms. The lowest BCUT2D eigenvalue weighted by Gasteiger charge is -2.15. The smallest absolute Gasteiger partial charge is 0.233 e. The van der Waals surface area contributed by atoms with Crippen molar-refractivity contribution >= 4 is 5.91 Å². The van der Waals surface area contributed by atoms with Crippen molar-refractivity contribution in [2.45, 2.75) is 44.8 Å². The summed E-state index contributed by atoms with van der Waals surface area (Å²) in [5, 5.41) is 0. The molecule has 0 saturated carbocycles. The zero-order valence-corrected chi connectivity index (χ0v) is 9.20. The summed E-state index contributed by atoms with van der Waals surface area (Å²) in [5.41, 5.74) is 2.10. The Kier molecular flexibility index (Phi) is 5.60.